The molecule has 23 heavy (non-hydrogen) atoms. The number of nitrogens with one attached hydrogen (secondary N) is 1. The van der Waals surface area contributed by atoms with Crippen molar-refractivity contribution in [3.63, 3.8) is 0 Å². The van der Waals surface area contributed by atoms with E-state index in [9.17, 15) is 8.42 Å². The van der Waals surface area contributed by atoms with Crippen LogP contribution in [0.3, 0.4) is 0 Å². The molecule has 0 bridgehead atoms. The molecule has 2 aromatic rings. The first-order valence-corrected chi connectivity index (χ1v) is 8.84. The van der Waals surface area contributed by atoms with Gasteiger partial charge in [0.1, 0.15) is 4.90 Å². The Morgan fingerprint density at radius 2 is 1.87 bits per heavy atom. The van der Waals surface area contributed by atoms with Crippen molar-refractivity contribution in [1.29, 1.82) is 0 Å². The summed E-state index contributed by atoms with van der Waals surface area (Å²) < 4.78 is 38.2. The molecule has 0 amide bonds. The van der Waals surface area contributed by atoms with Crippen molar-refractivity contribution >= 4 is 10.0 Å². The average molecular weight is 335 g/mol. The number of hydrogen-bond donors (Lipinski definition) is 1. The Bertz CT molecular complexity index is 869. The van der Waals surface area contributed by atoms with Crippen LogP contribution < -0.4 is 9.47 Å². The smallest absolute Gasteiger partial charge is 0.247 e. The van der Waals surface area contributed by atoms with Gasteiger partial charge in [0.05, 0.1) is 11.4 Å². The first-order chi connectivity index (χ1) is 11.0. The second-order valence-corrected chi connectivity index (χ2v) is 7.70. The van der Waals surface area contributed by atoms with Crippen LogP contribution in [0.5, 0.6) is 11.5 Å². The van der Waals surface area contributed by atoms with Gasteiger partial charge in [0, 0.05) is 13.1 Å². The number of aryl methyl sites for hydroxylation is 2. The van der Waals surface area contributed by atoms with E-state index < -0.39 is 10.0 Å². The second kappa shape index (κ2) is 4.97. The summed E-state index contributed by atoms with van der Waals surface area (Å²) in [6.45, 7) is 4.42. The second-order valence-electron chi connectivity index (χ2n) is 5.83. The molecule has 2 aliphatic heterocycles. The minimum absolute atomic E-state index is 0.216. The summed E-state index contributed by atoms with van der Waals surface area (Å²) in [5.74, 6) is 1.42. The molecule has 0 radical (unpaired) electrons. The van der Waals surface area contributed by atoms with E-state index in [1.165, 1.54) is 4.31 Å². The predicted octanol–water partition coefficient (Wildman–Crippen LogP) is 1.50. The van der Waals surface area contributed by atoms with E-state index in [4.69, 9.17) is 9.47 Å². The van der Waals surface area contributed by atoms with Crippen molar-refractivity contribution in [2.45, 2.75) is 31.7 Å². The SMILES string of the molecule is Cc1n[nH]c(C)c1S(=O)(=O)N1CCc2cc3c(cc2C1)OCO3. The van der Waals surface area contributed by atoms with Crippen molar-refractivity contribution < 1.29 is 17.9 Å². The van der Waals surface area contributed by atoms with Crippen LogP contribution in [0.1, 0.15) is 22.5 Å². The quantitative estimate of drug-likeness (QED) is 0.899. The Kier molecular flexibility index (Phi) is 3.14. The number of hydrogen-bond acceptors (Lipinski definition) is 5. The zero-order chi connectivity index (χ0) is 16.2. The highest BCUT2D eigenvalue weighted by molar-refractivity contribution is 7.89. The third kappa shape index (κ3) is 2.21. The molecule has 0 atom stereocenters. The fourth-order valence-corrected chi connectivity index (χ4v) is 4.93. The Morgan fingerprint density at radius 3 is 2.52 bits per heavy atom. The van der Waals surface area contributed by atoms with Crippen LogP contribution in [0.25, 0.3) is 0 Å². The normalized spacial score (nSPS) is 17.3. The summed E-state index contributed by atoms with van der Waals surface area (Å²) in [6.07, 6.45) is 0.654. The number of fused-ring (bicyclic) bond motifs is 2. The van der Waals surface area contributed by atoms with Gasteiger partial charge in [-0.05, 0) is 43.5 Å². The molecule has 122 valence electrons. The molecule has 0 saturated carbocycles. The molecule has 0 saturated heterocycles. The van der Waals surface area contributed by atoms with Crippen molar-refractivity contribution in [3.05, 3.63) is 34.6 Å². The zero-order valence-electron chi connectivity index (χ0n) is 12.9. The van der Waals surface area contributed by atoms with Gasteiger partial charge in [-0.25, -0.2) is 8.42 Å². The molecular formula is C15H17N3O4S. The number of nitrogens with zero attached hydrogens (tertiary/aromatic N) is 2. The number of sulfonamides is 1. The maximum atomic E-state index is 12.9. The summed E-state index contributed by atoms with van der Waals surface area (Å²) in [5.41, 5.74) is 3.14. The fraction of sp³-hybridized carbons (Fsp3) is 0.400. The van der Waals surface area contributed by atoms with Crippen LogP contribution in [-0.2, 0) is 23.0 Å². The molecule has 1 aromatic heterocycles. The van der Waals surface area contributed by atoms with E-state index in [1.54, 1.807) is 13.8 Å². The molecule has 8 heteroatoms. The van der Waals surface area contributed by atoms with E-state index in [0.717, 1.165) is 16.9 Å². The van der Waals surface area contributed by atoms with Gasteiger partial charge in [-0.15, -0.1) is 0 Å². The summed E-state index contributed by atoms with van der Waals surface area (Å²) in [4.78, 5) is 0.279. The van der Waals surface area contributed by atoms with Gasteiger partial charge >= 0.3 is 0 Å². The molecule has 1 N–H and O–H groups in total. The van der Waals surface area contributed by atoms with Crippen molar-refractivity contribution in [2.24, 2.45) is 0 Å². The van der Waals surface area contributed by atoms with Gasteiger partial charge in [0.15, 0.2) is 11.5 Å². The van der Waals surface area contributed by atoms with Crippen LogP contribution >= 0.6 is 0 Å². The minimum atomic E-state index is -3.57. The molecular weight excluding hydrogens is 318 g/mol. The summed E-state index contributed by atoms with van der Waals surface area (Å²) >= 11 is 0. The lowest BCUT2D eigenvalue weighted by molar-refractivity contribution is 0.174. The van der Waals surface area contributed by atoms with Crippen LogP contribution in [0.15, 0.2) is 17.0 Å². The van der Waals surface area contributed by atoms with Crippen LogP contribution in [-0.4, -0.2) is 36.3 Å². The summed E-state index contributed by atoms with van der Waals surface area (Å²) in [5, 5.41) is 6.74. The molecule has 4 rings (SSSR count). The monoisotopic (exact) mass is 335 g/mol. The van der Waals surface area contributed by atoms with Crippen LogP contribution in [0.2, 0.25) is 0 Å². The van der Waals surface area contributed by atoms with E-state index in [0.29, 0.717) is 36.6 Å². The van der Waals surface area contributed by atoms with E-state index in [2.05, 4.69) is 10.2 Å². The molecule has 3 heterocycles. The Labute approximate surface area is 134 Å². The number of rotatable bonds is 2. The lowest BCUT2D eigenvalue weighted by Crippen LogP contribution is -2.36. The van der Waals surface area contributed by atoms with Gasteiger partial charge in [-0.2, -0.15) is 9.40 Å². The third-order valence-corrected chi connectivity index (χ3v) is 6.44. The number of aromatic nitrogens is 2. The predicted molar refractivity (Wildman–Crippen MR) is 81.9 cm³/mol. The van der Waals surface area contributed by atoms with E-state index in [1.807, 2.05) is 12.1 Å². The van der Waals surface area contributed by atoms with E-state index >= 15 is 0 Å². The number of ether oxygens (including phenoxy) is 2. The van der Waals surface area contributed by atoms with E-state index in [-0.39, 0.29) is 11.7 Å². The van der Waals surface area contributed by atoms with Gasteiger partial charge in [0.25, 0.3) is 0 Å². The summed E-state index contributed by atoms with van der Waals surface area (Å²) in [6, 6.07) is 3.84. The van der Waals surface area contributed by atoms with Crippen molar-refractivity contribution in [3.8, 4) is 11.5 Å². The third-order valence-electron chi connectivity index (χ3n) is 4.33. The van der Waals surface area contributed by atoms with Gasteiger partial charge in [-0.1, -0.05) is 0 Å². The fourth-order valence-electron chi connectivity index (χ4n) is 3.18. The largest absolute Gasteiger partial charge is 0.454 e. The van der Waals surface area contributed by atoms with Crippen molar-refractivity contribution in [1.82, 2.24) is 14.5 Å². The standard InChI is InChI=1S/C15H17N3O4S/c1-9-15(10(2)17-16-9)23(19,20)18-4-3-11-5-13-14(22-8-21-13)6-12(11)7-18/h5-6H,3-4,7-8H2,1-2H3,(H,16,17). The topological polar surface area (TPSA) is 84.5 Å². The summed E-state index contributed by atoms with van der Waals surface area (Å²) in [7, 11) is -3.57. The van der Waals surface area contributed by atoms with Gasteiger partial charge < -0.3 is 9.47 Å². The highest BCUT2D eigenvalue weighted by Crippen LogP contribution is 2.37. The molecule has 0 aliphatic carbocycles. The van der Waals surface area contributed by atoms with Gasteiger partial charge in [0.2, 0.25) is 16.8 Å². The molecule has 7 nitrogen and oxygen atoms in total. The maximum Gasteiger partial charge on any atom is 0.247 e. The highest BCUT2D eigenvalue weighted by atomic mass is 32.2. The minimum Gasteiger partial charge on any atom is -0.454 e. The Morgan fingerprint density at radius 1 is 1.17 bits per heavy atom. The zero-order valence-corrected chi connectivity index (χ0v) is 13.7. The average Bonchev–Trinajstić information content (AvgIpc) is 3.10. The van der Waals surface area contributed by atoms with Crippen LogP contribution in [0, 0.1) is 13.8 Å². The van der Waals surface area contributed by atoms with Crippen LogP contribution in [0.4, 0.5) is 0 Å². The molecule has 2 aliphatic rings. The van der Waals surface area contributed by atoms with Gasteiger partial charge in [-0.3, -0.25) is 5.10 Å². The first-order valence-electron chi connectivity index (χ1n) is 7.40. The molecule has 0 unspecified atom stereocenters. The Balaban J connectivity index is 1.70. The van der Waals surface area contributed by atoms with Crippen molar-refractivity contribution in [2.75, 3.05) is 13.3 Å². The number of aromatic amines is 1. The first kappa shape index (κ1) is 14.5. The molecule has 1 aromatic carbocycles. The number of H-pyrrole nitrogens is 1. The lowest BCUT2D eigenvalue weighted by atomic mass is 10.0. The number of benzene rings is 1. The molecule has 0 spiro atoms. The maximum absolute atomic E-state index is 12.9. The highest BCUT2D eigenvalue weighted by Gasteiger charge is 2.33. The lowest BCUT2D eigenvalue weighted by Gasteiger charge is -2.28. The Hall–Kier alpha value is -2.06. The molecule has 0 fully saturated rings.